The van der Waals surface area contributed by atoms with E-state index in [-0.39, 0.29) is 37.2 Å². The number of alkyl halides is 2. The number of rotatable bonds is 10. The lowest BCUT2D eigenvalue weighted by molar-refractivity contribution is -0.396. The van der Waals surface area contributed by atoms with Gasteiger partial charge in [0.25, 0.3) is 5.91 Å². The highest BCUT2D eigenvalue weighted by atomic mass is 35.5. The molecule has 0 spiro atoms. The molecule has 0 radical (unpaired) electrons. The van der Waals surface area contributed by atoms with Gasteiger partial charge in [-0.25, -0.2) is 9.36 Å². The van der Waals surface area contributed by atoms with Crippen molar-refractivity contribution in [2.75, 3.05) is 38.0 Å². The van der Waals surface area contributed by atoms with Gasteiger partial charge >= 0.3 is 12.0 Å². The summed E-state index contributed by atoms with van der Waals surface area (Å²) in [4.78, 5) is 38.4. The summed E-state index contributed by atoms with van der Waals surface area (Å²) in [7, 11) is 0. The Labute approximate surface area is 266 Å². The lowest BCUT2D eigenvalue weighted by atomic mass is 9.55. The van der Waals surface area contributed by atoms with Gasteiger partial charge in [0.05, 0.1) is 12.7 Å². The molecule has 0 unspecified atom stereocenters. The van der Waals surface area contributed by atoms with Gasteiger partial charge in [0, 0.05) is 31.4 Å². The second-order valence-corrected chi connectivity index (χ2v) is 12.6. The van der Waals surface area contributed by atoms with E-state index in [0.717, 1.165) is 43.1 Å². The number of benzene rings is 1. The number of aryl methyl sites for hydroxylation is 1. The van der Waals surface area contributed by atoms with Crippen molar-refractivity contribution in [2.24, 2.45) is 17.3 Å². The number of hydrogen-bond donors (Lipinski definition) is 3. The number of hydrogen-bond acceptors (Lipinski definition) is 8. The van der Waals surface area contributed by atoms with Crippen LogP contribution in [0.15, 0.2) is 30.6 Å². The minimum absolute atomic E-state index is 0.0996. The van der Waals surface area contributed by atoms with Crippen LogP contribution in [-0.4, -0.2) is 85.7 Å². The summed E-state index contributed by atoms with van der Waals surface area (Å²) in [5.74, 6) is 2.37. The van der Waals surface area contributed by atoms with Crippen LogP contribution in [0.2, 0.25) is 0 Å². The summed E-state index contributed by atoms with van der Waals surface area (Å²) in [6.07, 6.45) is 8.57. The monoisotopic (exact) mass is 653 g/mol. The Bertz CT molecular complexity index is 1300. The molecule has 3 aliphatic carbocycles. The summed E-state index contributed by atoms with van der Waals surface area (Å²) in [5.41, 5.74) is 2.82. The standard InChI is InChI=1S/C23H31Cl2NO3.C7H10N4O4/c1-23-9-8-18-17-5-3-16(29-22(28)26(12-10-24)13-11-25)14-15(17)2-4-19(18)20(23)6-7-21(23)27;12-4-2-8-6(13)5-10-3-1-9-7(10)11(14)15/h3,5,14,18-21,27H,2,4,6-13H2,1H3;1,3,12H,2,4-5H2,(H,8,13)/t18-,19-,20+,21+,23+;/m1./s1. The van der Waals surface area contributed by atoms with Gasteiger partial charge < -0.3 is 35.3 Å². The van der Waals surface area contributed by atoms with Crippen molar-refractivity contribution in [3.8, 4) is 5.75 Å². The van der Waals surface area contributed by atoms with Crippen LogP contribution in [0.5, 0.6) is 5.75 Å². The van der Waals surface area contributed by atoms with Crippen LogP contribution in [0.4, 0.5) is 10.7 Å². The van der Waals surface area contributed by atoms with E-state index >= 15 is 0 Å². The zero-order chi connectivity index (χ0) is 31.9. The summed E-state index contributed by atoms with van der Waals surface area (Å²) < 4.78 is 6.74. The molecule has 3 aliphatic rings. The number of amides is 2. The van der Waals surface area contributed by atoms with Crippen molar-refractivity contribution >= 4 is 41.2 Å². The van der Waals surface area contributed by atoms with Crippen molar-refractivity contribution in [1.29, 1.82) is 0 Å². The highest BCUT2D eigenvalue weighted by molar-refractivity contribution is 6.18. The second-order valence-electron chi connectivity index (χ2n) is 11.8. The van der Waals surface area contributed by atoms with E-state index in [0.29, 0.717) is 48.4 Å². The third-order valence-corrected chi connectivity index (χ3v) is 9.76. The molecule has 0 saturated heterocycles. The molecule has 1 heterocycles. The number of ether oxygens (including phenoxy) is 1. The SMILES string of the molecule is C[C@]12CC[C@@H]3c4ccc(OC(=O)N(CCCl)CCCl)cc4CC[C@H]3[C@@H]1CC[C@@H]2O.O=C(Cn1ccnc1[N+](=O)[O-])NCCO. The first-order chi connectivity index (χ1) is 21.1. The van der Waals surface area contributed by atoms with E-state index in [2.05, 4.69) is 23.3 Å². The first-order valence-electron chi connectivity index (χ1n) is 15.1. The summed E-state index contributed by atoms with van der Waals surface area (Å²) >= 11 is 11.6. The Morgan fingerprint density at radius 2 is 1.98 bits per heavy atom. The van der Waals surface area contributed by atoms with Crippen molar-refractivity contribution in [1.82, 2.24) is 19.8 Å². The van der Waals surface area contributed by atoms with Crippen LogP contribution in [0, 0.1) is 27.4 Å². The predicted molar refractivity (Wildman–Crippen MR) is 165 cm³/mol. The van der Waals surface area contributed by atoms with E-state index in [1.807, 2.05) is 12.1 Å². The zero-order valence-electron chi connectivity index (χ0n) is 24.9. The fourth-order valence-electron chi connectivity index (χ4n) is 7.26. The molecule has 1 aromatic heterocycles. The maximum Gasteiger partial charge on any atom is 0.435 e. The molecule has 44 heavy (non-hydrogen) atoms. The lowest BCUT2D eigenvalue weighted by Crippen LogP contribution is -2.43. The summed E-state index contributed by atoms with van der Waals surface area (Å²) in [6.45, 7) is 2.92. The number of nitrogens with one attached hydrogen (secondary N) is 1. The van der Waals surface area contributed by atoms with Crippen molar-refractivity contribution in [3.63, 3.8) is 0 Å². The van der Waals surface area contributed by atoms with E-state index in [1.54, 1.807) is 4.90 Å². The number of aliphatic hydroxyl groups excluding tert-OH is 2. The number of fused-ring (bicyclic) bond motifs is 5. The zero-order valence-corrected chi connectivity index (χ0v) is 26.4. The second kappa shape index (κ2) is 15.4. The molecule has 14 heteroatoms. The number of nitrogens with zero attached hydrogens (tertiary/aromatic N) is 4. The van der Waals surface area contributed by atoms with Crippen molar-refractivity contribution in [2.45, 2.75) is 64.0 Å². The minimum Gasteiger partial charge on any atom is -0.410 e. The topological polar surface area (TPSA) is 160 Å². The van der Waals surface area contributed by atoms with Gasteiger partial charge in [-0.3, -0.25) is 4.79 Å². The van der Waals surface area contributed by atoms with E-state index in [4.69, 9.17) is 33.0 Å². The number of carbonyl (C=O) groups is 2. The highest BCUT2D eigenvalue weighted by Crippen LogP contribution is 2.60. The van der Waals surface area contributed by atoms with Gasteiger partial charge in [-0.15, -0.1) is 23.2 Å². The van der Waals surface area contributed by atoms with Crippen LogP contribution >= 0.6 is 23.2 Å². The molecule has 0 bridgehead atoms. The van der Waals surface area contributed by atoms with E-state index in [9.17, 15) is 24.8 Å². The predicted octanol–water partition coefficient (Wildman–Crippen LogP) is 4.08. The highest BCUT2D eigenvalue weighted by Gasteiger charge is 2.54. The molecule has 2 amide bonds. The summed E-state index contributed by atoms with van der Waals surface area (Å²) in [5, 5.41) is 31.8. The molecule has 0 aliphatic heterocycles. The van der Waals surface area contributed by atoms with Gasteiger partial charge in [0.2, 0.25) is 0 Å². The van der Waals surface area contributed by atoms with Gasteiger partial charge in [0.15, 0.2) is 6.54 Å². The Morgan fingerprint density at radius 1 is 1.23 bits per heavy atom. The normalized spacial score (nSPS) is 25.0. The average molecular weight is 655 g/mol. The fraction of sp³-hybridized carbons (Fsp3) is 0.633. The number of aromatic nitrogens is 2. The Kier molecular flexibility index (Phi) is 11.9. The fourth-order valence-corrected chi connectivity index (χ4v) is 7.67. The smallest absolute Gasteiger partial charge is 0.410 e. The van der Waals surface area contributed by atoms with Crippen molar-refractivity contribution in [3.05, 3.63) is 51.8 Å². The van der Waals surface area contributed by atoms with Crippen LogP contribution in [-0.2, 0) is 17.8 Å². The Hall–Kier alpha value is -2.93. The third kappa shape index (κ3) is 7.64. The molecular weight excluding hydrogens is 613 g/mol. The molecule has 5 atom stereocenters. The van der Waals surface area contributed by atoms with Crippen LogP contribution in [0.25, 0.3) is 0 Å². The number of halogens is 2. The molecule has 2 saturated carbocycles. The van der Waals surface area contributed by atoms with E-state index in [1.165, 1.54) is 23.5 Å². The Balaban J connectivity index is 0.000000249. The third-order valence-electron chi connectivity index (χ3n) is 9.42. The molecule has 5 rings (SSSR count). The molecule has 2 aromatic rings. The van der Waals surface area contributed by atoms with Gasteiger partial charge in [0.1, 0.15) is 18.1 Å². The van der Waals surface area contributed by atoms with Crippen LogP contribution < -0.4 is 10.1 Å². The van der Waals surface area contributed by atoms with Gasteiger partial charge in [-0.1, -0.05) is 18.0 Å². The minimum atomic E-state index is -0.667. The largest absolute Gasteiger partial charge is 0.435 e. The number of carbonyl (C=O) groups excluding carboxylic acids is 2. The number of nitro groups is 1. The maximum atomic E-state index is 12.4. The van der Waals surface area contributed by atoms with Crippen molar-refractivity contribution < 1.29 is 29.5 Å². The first kappa shape index (κ1) is 34.0. The number of imidazole rings is 1. The Morgan fingerprint density at radius 3 is 2.66 bits per heavy atom. The lowest BCUT2D eigenvalue weighted by Gasteiger charge is -2.50. The molecule has 3 N–H and O–H groups in total. The maximum absolute atomic E-state index is 12.4. The molecule has 12 nitrogen and oxygen atoms in total. The average Bonchev–Trinajstić information content (AvgIpc) is 3.59. The molecule has 242 valence electrons. The van der Waals surface area contributed by atoms with Gasteiger partial charge in [-0.05, 0) is 89.9 Å². The number of aliphatic hydroxyl groups is 2. The van der Waals surface area contributed by atoms with E-state index < -0.39 is 16.9 Å². The summed E-state index contributed by atoms with van der Waals surface area (Å²) in [6, 6.07) is 6.13. The van der Waals surface area contributed by atoms with Gasteiger partial charge in [-0.2, -0.15) is 0 Å². The van der Waals surface area contributed by atoms with Crippen LogP contribution in [0.3, 0.4) is 0 Å². The molecular formula is C30H41Cl2N5O7. The van der Waals surface area contributed by atoms with Crippen LogP contribution in [0.1, 0.15) is 56.1 Å². The first-order valence-corrected chi connectivity index (χ1v) is 16.1. The quantitative estimate of drug-likeness (QED) is 0.196. The molecule has 1 aromatic carbocycles. The molecule has 2 fully saturated rings.